The van der Waals surface area contributed by atoms with Gasteiger partial charge in [0.1, 0.15) is 24.2 Å². The number of para-hydroxylation sites is 1. The molecule has 0 radical (unpaired) electrons. The number of aliphatic carboxylic acids is 2. The average molecular weight is 690 g/mol. The number of benzene rings is 1. The third-order valence-corrected chi connectivity index (χ3v) is 7.45. The first kappa shape index (κ1) is 39.9. The number of aliphatic hydroxyl groups excluding tert-OH is 1. The van der Waals surface area contributed by atoms with Crippen LogP contribution in [-0.4, -0.2) is 105 Å². The lowest BCUT2D eigenvalue weighted by atomic mass is 10.0. The number of carboxylic acids is 2. The molecule has 2 rings (SSSR count). The Balaban J connectivity index is 2.22. The number of aromatic amines is 1. The molecule has 270 valence electrons. The van der Waals surface area contributed by atoms with Gasteiger partial charge in [0, 0.05) is 36.5 Å². The van der Waals surface area contributed by atoms with Crippen molar-refractivity contribution in [3.63, 3.8) is 0 Å². The molecule has 1 heterocycles. The summed E-state index contributed by atoms with van der Waals surface area (Å²) in [4.78, 5) is 82.5. The summed E-state index contributed by atoms with van der Waals surface area (Å²) < 4.78 is 0. The number of nitrogens with zero attached hydrogens (tertiary/aromatic N) is 1. The minimum Gasteiger partial charge on any atom is -0.481 e. The number of aromatic nitrogens is 1. The smallest absolute Gasteiger partial charge is 0.326 e. The van der Waals surface area contributed by atoms with Crippen LogP contribution in [0.4, 0.5) is 0 Å². The summed E-state index contributed by atoms with van der Waals surface area (Å²) in [6.45, 7) is 2.81. The Morgan fingerprint density at radius 2 is 1.43 bits per heavy atom. The summed E-state index contributed by atoms with van der Waals surface area (Å²) in [5.74, 6) is -6.18. The fourth-order valence-corrected chi connectivity index (χ4v) is 4.90. The summed E-state index contributed by atoms with van der Waals surface area (Å²) in [6.07, 6.45) is 1.31. The van der Waals surface area contributed by atoms with Crippen LogP contribution >= 0.6 is 0 Å². The SMILES string of the molecule is CC(C)C[C@H](NC(=O)[C@H](CO)NC(=O)[C@@H](N)CCC(=O)O)C(=O)N[C@@H](CCCN=C(N)N)C(=O)N[C@@H](Cc1c[nH]c2ccccc12)C(=O)O. The molecule has 0 saturated carbocycles. The molecule has 1 aromatic heterocycles. The highest BCUT2D eigenvalue weighted by molar-refractivity contribution is 5.95. The maximum Gasteiger partial charge on any atom is 0.326 e. The number of carboxylic acid groups (broad SMARTS) is 2. The molecule has 0 fully saturated rings. The van der Waals surface area contributed by atoms with E-state index in [0.717, 1.165) is 10.9 Å². The van der Waals surface area contributed by atoms with Gasteiger partial charge in [0.15, 0.2) is 5.96 Å². The molecule has 0 saturated heterocycles. The molecule has 18 nitrogen and oxygen atoms in total. The molecular weight excluding hydrogens is 642 g/mol. The van der Waals surface area contributed by atoms with E-state index in [1.54, 1.807) is 26.1 Å². The number of guanidine groups is 1. The van der Waals surface area contributed by atoms with E-state index >= 15 is 0 Å². The Kier molecular flexibility index (Phi) is 15.9. The Bertz CT molecular complexity index is 1490. The zero-order valence-corrected chi connectivity index (χ0v) is 27.5. The minimum atomic E-state index is -1.52. The van der Waals surface area contributed by atoms with Crippen molar-refractivity contribution >= 4 is 52.4 Å². The van der Waals surface area contributed by atoms with Crippen molar-refractivity contribution in [1.82, 2.24) is 26.3 Å². The number of amides is 4. The molecule has 0 aliphatic heterocycles. The average Bonchev–Trinajstić information content (AvgIpc) is 3.44. The maximum absolute atomic E-state index is 13.6. The first-order chi connectivity index (χ1) is 23.1. The fourth-order valence-electron chi connectivity index (χ4n) is 4.90. The second kappa shape index (κ2) is 19.6. The largest absolute Gasteiger partial charge is 0.481 e. The van der Waals surface area contributed by atoms with Gasteiger partial charge < -0.3 is 58.8 Å². The highest BCUT2D eigenvalue weighted by atomic mass is 16.4. The van der Waals surface area contributed by atoms with Gasteiger partial charge in [-0.15, -0.1) is 0 Å². The number of nitrogens with two attached hydrogens (primary N) is 3. The lowest BCUT2D eigenvalue weighted by molar-refractivity contribution is -0.142. The zero-order valence-electron chi connectivity index (χ0n) is 27.5. The van der Waals surface area contributed by atoms with Crippen molar-refractivity contribution in [2.45, 2.75) is 82.6 Å². The zero-order chi connectivity index (χ0) is 36.7. The Hall–Kier alpha value is -5.23. The quantitative estimate of drug-likeness (QED) is 0.0386. The predicted molar refractivity (Wildman–Crippen MR) is 179 cm³/mol. The molecule has 0 spiro atoms. The van der Waals surface area contributed by atoms with Crippen LogP contribution in [0, 0.1) is 5.92 Å². The van der Waals surface area contributed by atoms with E-state index in [-0.39, 0.29) is 50.5 Å². The minimum absolute atomic E-state index is 0.000321. The van der Waals surface area contributed by atoms with E-state index in [2.05, 4.69) is 31.2 Å². The molecule has 18 heteroatoms. The van der Waals surface area contributed by atoms with Crippen molar-refractivity contribution in [2.75, 3.05) is 13.2 Å². The van der Waals surface area contributed by atoms with Crippen LogP contribution < -0.4 is 38.5 Å². The van der Waals surface area contributed by atoms with Gasteiger partial charge in [-0.25, -0.2) is 4.79 Å². The van der Waals surface area contributed by atoms with Crippen LogP contribution in [0.1, 0.15) is 51.5 Å². The van der Waals surface area contributed by atoms with Gasteiger partial charge >= 0.3 is 11.9 Å². The molecule has 0 bridgehead atoms. The molecular formula is C31H47N9O9. The lowest BCUT2D eigenvalue weighted by Crippen LogP contribution is -2.59. The van der Waals surface area contributed by atoms with E-state index in [0.29, 0.717) is 5.56 Å². The maximum atomic E-state index is 13.6. The van der Waals surface area contributed by atoms with Crippen LogP contribution in [0.5, 0.6) is 0 Å². The number of aliphatic imine (C=N–C) groups is 1. The fraction of sp³-hybridized carbons (Fsp3) is 0.516. The Morgan fingerprint density at radius 1 is 0.837 bits per heavy atom. The lowest BCUT2D eigenvalue weighted by Gasteiger charge is -2.27. The van der Waals surface area contributed by atoms with Crippen LogP contribution in [-0.2, 0) is 35.2 Å². The molecule has 0 aliphatic rings. The van der Waals surface area contributed by atoms with Gasteiger partial charge in [0.25, 0.3) is 0 Å². The summed E-state index contributed by atoms with van der Waals surface area (Å²) in [5, 5.41) is 39.2. The molecule has 0 aliphatic carbocycles. The van der Waals surface area contributed by atoms with Crippen molar-refractivity contribution in [1.29, 1.82) is 0 Å². The molecule has 49 heavy (non-hydrogen) atoms. The van der Waals surface area contributed by atoms with Gasteiger partial charge in [0.2, 0.25) is 23.6 Å². The van der Waals surface area contributed by atoms with Crippen LogP contribution in [0.3, 0.4) is 0 Å². The Morgan fingerprint density at radius 3 is 2.04 bits per heavy atom. The van der Waals surface area contributed by atoms with Crippen LogP contribution in [0.15, 0.2) is 35.5 Å². The van der Waals surface area contributed by atoms with Gasteiger partial charge in [-0.05, 0) is 43.2 Å². The first-order valence-electron chi connectivity index (χ1n) is 15.8. The topological polar surface area (TPSA) is 317 Å². The first-order valence-corrected chi connectivity index (χ1v) is 15.8. The highest BCUT2D eigenvalue weighted by Gasteiger charge is 2.32. The number of H-pyrrole nitrogens is 1. The Labute approximate surface area is 282 Å². The summed E-state index contributed by atoms with van der Waals surface area (Å²) >= 11 is 0. The number of carbonyl (C=O) groups is 6. The van der Waals surface area contributed by atoms with Crippen molar-refractivity contribution in [3.05, 3.63) is 36.0 Å². The number of aliphatic hydroxyl groups is 1. The van der Waals surface area contributed by atoms with Crippen LogP contribution in [0.2, 0.25) is 0 Å². The van der Waals surface area contributed by atoms with E-state index < -0.39 is 78.8 Å². The summed E-state index contributed by atoms with van der Waals surface area (Å²) in [6, 6.07) is 0.620. The standard InChI is InChI=1S/C31H47N9O9/c1-16(2)12-22(38-29(47)24(15-41)40-26(44)19(32)9-10-25(42)43)28(46)37-21(8-5-11-35-31(33)34)27(45)39-23(30(48)49)13-17-14-36-20-7-4-3-6-18(17)20/h3-4,6-7,14,16,19,21-24,36,41H,5,8-13,15,32H2,1-2H3,(H,37,46)(H,38,47)(H,39,45)(H,40,44)(H,42,43)(H,48,49)(H4,33,34,35)/t19-,21-,22-,23-,24-/m0/s1. The number of rotatable bonds is 21. The van der Waals surface area contributed by atoms with Crippen molar-refractivity contribution in [3.8, 4) is 0 Å². The van der Waals surface area contributed by atoms with Gasteiger partial charge in [-0.2, -0.15) is 0 Å². The van der Waals surface area contributed by atoms with Crippen LogP contribution in [0.25, 0.3) is 10.9 Å². The molecule has 4 amide bonds. The highest BCUT2D eigenvalue weighted by Crippen LogP contribution is 2.19. The summed E-state index contributed by atoms with van der Waals surface area (Å²) in [5.41, 5.74) is 17.9. The van der Waals surface area contributed by atoms with Crippen molar-refractivity contribution < 1.29 is 44.1 Å². The number of nitrogens with one attached hydrogen (secondary N) is 5. The number of carbonyl (C=O) groups excluding carboxylic acids is 4. The molecule has 2 aromatic rings. The van der Waals surface area contributed by atoms with E-state index in [9.17, 15) is 39.0 Å². The van der Waals surface area contributed by atoms with Gasteiger partial charge in [0.05, 0.1) is 12.6 Å². The van der Waals surface area contributed by atoms with Gasteiger partial charge in [-0.1, -0.05) is 32.0 Å². The molecule has 0 unspecified atom stereocenters. The van der Waals surface area contributed by atoms with E-state index in [1.807, 2.05) is 18.2 Å². The number of fused-ring (bicyclic) bond motifs is 1. The van der Waals surface area contributed by atoms with Crippen molar-refractivity contribution in [2.24, 2.45) is 28.1 Å². The predicted octanol–water partition coefficient (Wildman–Crippen LogP) is -1.98. The molecule has 14 N–H and O–H groups in total. The second-order valence-electron chi connectivity index (χ2n) is 11.9. The molecule has 5 atom stereocenters. The number of hydrogen-bond donors (Lipinski definition) is 11. The third-order valence-electron chi connectivity index (χ3n) is 7.45. The molecule has 1 aromatic carbocycles. The number of hydrogen-bond acceptors (Lipinski definition) is 9. The monoisotopic (exact) mass is 689 g/mol. The van der Waals surface area contributed by atoms with E-state index in [4.69, 9.17) is 22.3 Å². The van der Waals surface area contributed by atoms with Gasteiger partial charge in [-0.3, -0.25) is 29.0 Å². The third kappa shape index (κ3) is 13.4. The summed E-state index contributed by atoms with van der Waals surface area (Å²) in [7, 11) is 0. The normalized spacial score (nSPS) is 14.1. The van der Waals surface area contributed by atoms with E-state index in [1.165, 1.54) is 0 Å². The second-order valence-corrected chi connectivity index (χ2v) is 11.9.